The number of terminal acetylenes is 1. The zero-order valence-corrected chi connectivity index (χ0v) is 11.0. The van der Waals surface area contributed by atoms with Gasteiger partial charge in [-0.15, -0.1) is 6.42 Å². The SMILES string of the molecule is C#C[C@@H]1O[C@H](CC)C(OCc2ccccc2)[C@@H]1C. The van der Waals surface area contributed by atoms with Crippen LogP contribution < -0.4 is 0 Å². The van der Waals surface area contributed by atoms with Crippen molar-refractivity contribution < 1.29 is 9.47 Å². The van der Waals surface area contributed by atoms with Crippen molar-refractivity contribution in [2.24, 2.45) is 5.92 Å². The molecule has 1 unspecified atom stereocenters. The van der Waals surface area contributed by atoms with Crippen molar-refractivity contribution in [3.63, 3.8) is 0 Å². The van der Waals surface area contributed by atoms with Gasteiger partial charge in [0.1, 0.15) is 6.10 Å². The lowest BCUT2D eigenvalue weighted by Gasteiger charge is -2.20. The van der Waals surface area contributed by atoms with Crippen LogP contribution >= 0.6 is 0 Å². The fraction of sp³-hybridized carbons (Fsp3) is 0.500. The van der Waals surface area contributed by atoms with Gasteiger partial charge in [0.25, 0.3) is 0 Å². The Morgan fingerprint density at radius 3 is 2.67 bits per heavy atom. The van der Waals surface area contributed by atoms with E-state index in [9.17, 15) is 0 Å². The molecule has 0 N–H and O–H groups in total. The number of ether oxygens (including phenoxy) is 2. The second-order valence-electron chi connectivity index (χ2n) is 4.79. The summed E-state index contributed by atoms with van der Waals surface area (Å²) in [5.41, 5.74) is 1.18. The number of hydrogen-bond acceptors (Lipinski definition) is 2. The molecule has 2 rings (SSSR count). The molecule has 0 amide bonds. The highest BCUT2D eigenvalue weighted by Crippen LogP contribution is 2.31. The molecule has 2 nitrogen and oxygen atoms in total. The van der Waals surface area contributed by atoms with E-state index in [2.05, 4.69) is 31.9 Å². The van der Waals surface area contributed by atoms with Crippen LogP contribution in [0.3, 0.4) is 0 Å². The van der Waals surface area contributed by atoms with E-state index in [0.717, 1.165) is 6.42 Å². The van der Waals surface area contributed by atoms with E-state index in [-0.39, 0.29) is 24.2 Å². The second kappa shape index (κ2) is 6.04. The Bertz CT molecular complexity index is 407. The lowest BCUT2D eigenvalue weighted by atomic mass is 9.97. The van der Waals surface area contributed by atoms with Crippen molar-refractivity contribution in [3.8, 4) is 12.3 Å². The van der Waals surface area contributed by atoms with Gasteiger partial charge in [-0.25, -0.2) is 0 Å². The average Bonchev–Trinajstić information content (AvgIpc) is 2.73. The van der Waals surface area contributed by atoms with E-state index in [1.807, 2.05) is 18.2 Å². The fourth-order valence-electron chi connectivity index (χ4n) is 2.45. The third kappa shape index (κ3) is 2.75. The summed E-state index contributed by atoms with van der Waals surface area (Å²) in [6.45, 7) is 4.83. The van der Waals surface area contributed by atoms with Gasteiger partial charge in [0, 0.05) is 5.92 Å². The zero-order chi connectivity index (χ0) is 13.0. The molecule has 1 aliphatic rings. The Labute approximate surface area is 109 Å². The molecule has 0 saturated carbocycles. The molecule has 0 aromatic heterocycles. The first-order chi connectivity index (χ1) is 8.76. The molecular formula is C16H20O2. The monoisotopic (exact) mass is 244 g/mol. The van der Waals surface area contributed by atoms with Crippen LogP contribution in [0.25, 0.3) is 0 Å². The lowest BCUT2D eigenvalue weighted by molar-refractivity contribution is -0.0292. The van der Waals surface area contributed by atoms with E-state index in [0.29, 0.717) is 6.61 Å². The van der Waals surface area contributed by atoms with Gasteiger partial charge >= 0.3 is 0 Å². The lowest BCUT2D eigenvalue weighted by Crippen LogP contribution is -2.28. The summed E-state index contributed by atoms with van der Waals surface area (Å²) in [4.78, 5) is 0. The molecular weight excluding hydrogens is 224 g/mol. The van der Waals surface area contributed by atoms with Crippen molar-refractivity contribution >= 4 is 0 Å². The number of hydrogen-bond donors (Lipinski definition) is 0. The maximum Gasteiger partial charge on any atom is 0.123 e. The Balaban J connectivity index is 1.97. The normalized spacial score (nSPS) is 31.2. The van der Waals surface area contributed by atoms with Gasteiger partial charge in [-0.2, -0.15) is 0 Å². The summed E-state index contributed by atoms with van der Waals surface area (Å²) in [7, 11) is 0. The molecule has 0 spiro atoms. The first-order valence-electron chi connectivity index (χ1n) is 6.53. The maximum absolute atomic E-state index is 6.02. The van der Waals surface area contributed by atoms with Crippen LogP contribution in [-0.4, -0.2) is 18.3 Å². The van der Waals surface area contributed by atoms with Gasteiger partial charge in [0.05, 0.1) is 18.8 Å². The van der Waals surface area contributed by atoms with E-state index in [4.69, 9.17) is 15.9 Å². The van der Waals surface area contributed by atoms with Crippen LogP contribution in [0.15, 0.2) is 30.3 Å². The molecule has 1 saturated heterocycles. The van der Waals surface area contributed by atoms with Crippen molar-refractivity contribution in [1.29, 1.82) is 0 Å². The third-order valence-electron chi connectivity index (χ3n) is 3.54. The summed E-state index contributed by atoms with van der Waals surface area (Å²) in [5.74, 6) is 2.96. The zero-order valence-electron chi connectivity index (χ0n) is 11.0. The van der Waals surface area contributed by atoms with Crippen LogP contribution in [0.2, 0.25) is 0 Å². The largest absolute Gasteiger partial charge is 0.370 e. The molecule has 18 heavy (non-hydrogen) atoms. The van der Waals surface area contributed by atoms with Crippen molar-refractivity contribution in [2.75, 3.05) is 0 Å². The smallest absolute Gasteiger partial charge is 0.123 e. The Morgan fingerprint density at radius 1 is 1.33 bits per heavy atom. The van der Waals surface area contributed by atoms with Gasteiger partial charge in [-0.1, -0.05) is 50.1 Å². The first-order valence-corrected chi connectivity index (χ1v) is 6.53. The Morgan fingerprint density at radius 2 is 2.06 bits per heavy atom. The molecule has 0 aliphatic carbocycles. The summed E-state index contributed by atoms with van der Waals surface area (Å²) >= 11 is 0. The molecule has 4 atom stereocenters. The molecule has 1 heterocycles. The van der Waals surface area contributed by atoms with Gasteiger partial charge < -0.3 is 9.47 Å². The van der Waals surface area contributed by atoms with Crippen LogP contribution in [0, 0.1) is 18.3 Å². The second-order valence-corrected chi connectivity index (χ2v) is 4.79. The molecule has 0 radical (unpaired) electrons. The molecule has 96 valence electrons. The van der Waals surface area contributed by atoms with E-state index in [1.54, 1.807) is 0 Å². The van der Waals surface area contributed by atoms with E-state index < -0.39 is 0 Å². The van der Waals surface area contributed by atoms with Crippen molar-refractivity contribution in [3.05, 3.63) is 35.9 Å². The predicted molar refractivity (Wildman–Crippen MR) is 72.0 cm³/mol. The van der Waals surface area contributed by atoms with Gasteiger partial charge in [-0.05, 0) is 12.0 Å². The van der Waals surface area contributed by atoms with Crippen LogP contribution in [0.4, 0.5) is 0 Å². The highest BCUT2D eigenvalue weighted by atomic mass is 16.6. The summed E-state index contributed by atoms with van der Waals surface area (Å²) in [6.07, 6.45) is 6.51. The Hall–Kier alpha value is -1.30. The van der Waals surface area contributed by atoms with Crippen LogP contribution in [0.1, 0.15) is 25.8 Å². The van der Waals surface area contributed by atoms with Crippen molar-refractivity contribution in [1.82, 2.24) is 0 Å². The Kier molecular flexibility index (Phi) is 4.41. The topological polar surface area (TPSA) is 18.5 Å². The first kappa shape index (κ1) is 13.1. The minimum atomic E-state index is -0.115. The van der Waals surface area contributed by atoms with E-state index in [1.165, 1.54) is 5.56 Å². The molecule has 1 fully saturated rings. The summed E-state index contributed by atoms with van der Waals surface area (Å²) < 4.78 is 11.8. The van der Waals surface area contributed by atoms with E-state index >= 15 is 0 Å². The molecule has 2 heteroatoms. The van der Waals surface area contributed by atoms with Gasteiger partial charge in [-0.3, -0.25) is 0 Å². The van der Waals surface area contributed by atoms with Gasteiger partial charge in [0.2, 0.25) is 0 Å². The third-order valence-corrected chi connectivity index (χ3v) is 3.54. The minimum Gasteiger partial charge on any atom is -0.370 e. The molecule has 1 aromatic rings. The molecule has 1 aliphatic heterocycles. The molecule has 0 bridgehead atoms. The van der Waals surface area contributed by atoms with Crippen LogP contribution in [0.5, 0.6) is 0 Å². The fourth-order valence-corrected chi connectivity index (χ4v) is 2.45. The predicted octanol–water partition coefficient (Wildman–Crippen LogP) is 3.02. The molecule has 1 aromatic carbocycles. The van der Waals surface area contributed by atoms with Gasteiger partial charge in [0.15, 0.2) is 0 Å². The highest BCUT2D eigenvalue weighted by Gasteiger charge is 2.40. The standard InChI is InChI=1S/C16H20O2/c1-4-14-12(3)16(15(5-2)18-14)17-11-13-9-7-6-8-10-13/h1,6-10,12,14-16H,5,11H2,2-3H3/t12-,14+,15-,16?/m1/s1. The summed E-state index contributed by atoms with van der Waals surface area (Å²) in [6, 6.07) is 10.2. The highest BCUT2D eigenvalue weighted by molar-refractivity contribution is 5.13. The van der Waals surface area contributed by atoms with Crippen LogP contribution in [-0.2, 0) is 16.1 Å². The minimum absolute atomic E-state index is 0.0938. The maximum atomic E-state index is 6.02. The quantitative estimate of drug-likeness (QED) is 0.758. The van der Waals surface area contributed by atoms with Crippen molar-refractivity contribution in [2.45, 2.75) is 45.2 Å². The summed E-state index contributed by atoms with van der Waals surface area (Å²) in [5, 5.41) is 0. The average molecular weight is 244 g/mol. The number of rotatable bonds is 4. The number of benzene rings is 1.